The van der Waals surface area contributed by atoms with Gasteiger partial charge in [-0.25, -0.2) is 4.79 Å². The summed E-state index contributed by atoms with van der Waals surface area (Å²) in [5, 5.41) is 2.69. The lowest BCUT2D eigenvalue weighted by Crippen LogP contribution is -2.47. The molecule has 0 unspecified atom stereocenters. The number of alkyl carbamates (subject to hydrolysis) is 1. The highest BCUT2D eigenvalue weighted by Gasteiger charge is 2.44. The van der Waals surface area contributed by atoms with Gasteiger partial charge in [-0.1, -0.05) is 52.8 Å². The Kier molecular flexibility index (Phi) is 12.1. The maximum Gasteiger partial charge on any atom is 0.407 e. The summed E-state index contributed by atoms with van der Waals surface area (Å²) in [5.41, 5.74) is 1.18. The van der Waals surface area contributed by atoms with Crippen LogP contribution in [0.25, 0.3) is 0 Å². The van der Waals surface area contributed by atoms with Crippen LogP contribution in [0.2, 0.25) is 18.1 Å². The average Bonchev–Trinajstić information content (AvgIpc) is 2.86. The van der Waals surface area contributed by atoms with E-state index < -0.39 is 22.0 Å². The Bertz CT molecular complexity index is 1040. The largest absolute Gasteiger partial charge is 0.462 e. The topological polar surface area (TPSA) is 109 Å². The van der Waals surface area contributed by atoms with Crippen molar-refractivity contribution < 1.29 is 37.1 Å². The predicted octanol–water partition coefficient (Wildman–Crippen LogP) is 7.59. The van der Waals surface area contributed by atoms with Crippen molar-refractivity contribution in [1.82, 2.24) is 5.32 Å². The van der Waals surface area contributed by atoms with Gasteiger partial charge in [-0.15, -0.1) is 0 Å². The molecule has 0 aromatic carbocycles. The summed E-state index contributed by atoms with van der Waals surface area (Å²) < 4.78 is 41.8. The Hall–Kier alpha value is -1.45. The van der Waals surface area contributed by atoms with Crippen LogP contribution in [0, 0.1) is 23.7 Å². The van der Waals surface area contributed by atoms with E-state index in [2.05, 4.69) is 71.3 Å². The van der Waals surface area contributed by atoms with E-state index in [0.717, 1.165) is 12.8 Å². The van der Waals surface area contributed by atoms with Crippen molar-refractivity contribution in [2.75, 3.05) is 19.5 Å². The van der Waals surface area contributed by atoms with Crippen LogP contribution >= 0.6 is 7.60 Å². The molecule has 0 radical (unpaired) electrons. The molecular weight excluding hydrogens is 573 g/mol. The van der Waals surface area contributed by atoms with Crippen molar-refractivity contribution in [3.63, 3.8) is 0 Å². The van der Waals surface area contributed by atoms with Crippen molar-refractivity contribution in [2.45, 2.75) is 117 Å². The molecule has 240 valence electrons. The lowest BCUT2D eigenvalue weighted by molar-refractivity contribution is -0.160. The lowest BCUT2D eigenvalue weighted by Gasteiger charge is -2.44. The third-order valence-electron chi connectivity index (χ3n) is 9.23. The number of allylic oxidation sites excluding steroid dienone is 3. The number of carbonyl (C=O) groups excluding carboxylic acids is 2. The third kappa shape index (κ3) is 9.27. The van der Waals surface area contributed by atoms with Crippen LogP contribution < -0.4 is 5.32 Å². The molecule has 0 bridgehead atoms. The summed E-state index contributed by atoms with van der Waals surface area (Å²) in [7, 11) is -5.45. The van der Waals surface area contributed by atoms with Gasteiger partial charge in [0.1, 0.15) is 18.5 Å². The molecule has 11 heteroatoms. The third-order valence-corrected chi connectivity index (χ3v) is 15.6. The fourth-order valence-electron chi connectivity index (χ4n) is 6.17. The first-order chi connectivity index (χ1) is 19.6. The van der Waals surface area contributed by atoms with Crippen LogP contribution in [0.5, 0.6) is 0 Å². The fraction of sp³-hybridized carbons (Fsp3) is 0.806. The first-order valence-electron chi connectivity index (χ1n) is 15.7. The molecular formula is C31H54NO8PSi. The van der Waals surface area contributed by atoms with Gasteiger partial charge in [-0.2, -0.15) is 0 Å². The number of esters is 1. The summed E-state index contributed by atoms with van der Waals surface area (Å²) in [6, 6.07) is 0. The van der Waals surface area contributed by atoms with Gasteiger partial charge in [0.05, 0.1) is 25.7 Å². The number of carbonyl (C=O) groups is 2. The molecule has 1 heterocycles. The molecule has 0 saturated carbocycles. The molecule has 1 fully saturated rings. The maximum absolute atomic E-state index is 12.9. The second-order valence-corrected chi connectivity index (χ2v) is 20.5. The molecule has 42 heavy (non-hydrogen) atoms. The first kappa shape index (κ1) is 35.0. The van der Waals surface area contributed by atoms with Crippen LogP contribution in [0.15, 0.2) is 23.8 Å². The number of nitrogens with one attached hydrogen (secondary N) is 1. The van der Waals surface area contributed by atoms with E-state index in [0.29, 0.717) is 19.3 Å². The summed E-state index contributed by atoms with van der Waals surface area (Å²) in [4.78, 5) is 25.5. The summed E-state index contributed by atoms with van der Waals surface area (Å²) in [5.74, 6) is 0.566. The minimum atomic E-state index is -3.43. The molecule has 3 rings (SSSR count). The van der Waals surface area contributed by atoms with Crippen LogP contribution in [0.1, 0.15) is 80.6 Å². The summed E-state index contributed by atoms with van der Waals surface area (Å²) in [6.07, 6.45) is 8.46. The van der Waals surface area contributed by atoms with Gasteiger partial charge < -0.3 is 28.3 Å². The number of hydrogen-bond donors (Lipinski definition) is 1. The van der Waals surface area contributed by atoms with E-state index in [1.54, 1.807) is 13.8 Å². The number of cyclic esters (lactones) is 1. The summed E-state index contributed by atoms with van der Waals surface area (Å²) >= 11 is 0. The fourth-order valence-corrected chi connectivity index (χ4v) is 8.90. The van der Waals surface area contributed by atoms with E-state index in [1.807, 2.05) is 0 Å². The number of rotatable bonds is 12. The molecule has 0 spiro atoms. The summed E-state index contributed by atoms with van der Waals surface area (Å²) in [6.45, 7) is 19.3. The van der Waals surface area contributed by atoms with Crippen molar-refractivity contribution in [1.29, 1.82) is 0 Å². The molecule has 1 amide bonds. The van der Waals surface area contributed by atoms with E-state index in [4.69, 9.17) is 22.9 Å². The number of amides is 1. The monoisotopic (exact) mass is 627 g/mol. The number of fused-ring (bicyclic) bond motifs is 1. The minimum absolute atomic E-state index is 0.0242. The molecule has 9 nitrogen and oxygen atoms in total. The van der Waals surface area contributed by atoms with Gasteiger partial charge in [0.2, 0.25) is 0 Å². The van der Waals surface area contributed by atoms with E-state index in [9.17, 15) is 14.2 Å². The Morgan fingerprint density at radius 3 is 2.40 bits per heavy atom. The van der Waals surface area contributed by atoms with Gasteiger partial charge in [0.15, 0.2) is 8.32 Å². The Morgan fingerprint density at radius 2 is 1.79 bits per heavy atom. The molecule has 0 aromatic heterocycles. The molecule has 7 atom stereocenters. The highest BCUT2D eigenvalue weighted by Crippen LogP contribution is 2.48. The Morgan fingerprint density at radius 1 is 1.12 bits per heavy atom. The second-order valence-electron chi connectivity index (χ2n) is 13.6. The zero-order valence-corrected chi connectivity index (χ0v) is 29.0. The quantitative estimate of drug-likeness (QED) is 0.134. The van der Waals surface area contributed by atoms with Crippen molar-refractivity contribution >= 4 is 28.0 Å². The van der Waals surface area contributed by atoms with Gasteiger partial charge in [-0.3, -0.25) is 9.36 Å². The maximum atomic E-state index is 12.9. The Balaban J connectivity index is 1.68. The van der Waals surface area contributed by atoms with Crippen LogP contribution in [-0.4, -0.2) is 58.2 Å². The smallest absolute Gasteiger partial charge is 0.407 e. The zero-order valence-electron chi connectivity index (χ0n) is 27.1. The van der Waals surface area contributed by atoms with Crippen molar-refractivity contribution in [3.8, 4) is 0 Å². The minimum Gasteiger partial charge on any atom is -0.462 e. The lowest BCUT2D eigenvalue weighted by atomic mass is 9.65. The molecule has 1 N–H and O–H groups in total. The van der Waals surface area contributed by atoms with E-state index in [1.165, 1.54) is 5.57 Å². The highest BCUT2D eigenvalue weighted by atomic mass is 31.2. The van der Waals surface area contributed by atoms with Gasteiger partial charge >= 0.3 is 19.7 Å². The standard InChI is InChI=1S/C31H54NO8PSi/c1-10-36-41(35,37-11-2)20-32-30(34)39-27-17-21(3)16-23-13-12-22(4)26(29(23)27)15-14-24-18-25(19-28(33)38-24)40-42(8,9)31(5,6)7/h12-13,16,21-22,24-27,29H,10-11,14-15,17-20H2,1-9H3,(H,32,34)/t21-,22-,24+,25+,26-,27-,29-/m0/s1. The average molecular weight is 628 g/mol. The van der Waals surface area contributed by atoms with Gasteiger partial charge in [0.25, 0.3) is 0 Å². The SMILES string of the molecule is CCOP(=O)(CNC(=O)O[C@H]1C[C@@H](C)C=C2C=C[C@H](C)[C@H](CC[C@@H]3C[C@@H](O[Si](C)(C)C(C)(C)C)CC(=O)O3)[C@H]21)OCC. The second kappa shape index (κ2) is 14.6. The van der Waals surface area contributed by atoms with Crippen molar-refractivity contribution in [3.05, 3.63) is 23.8 Å². The van der Waals surface area contributed by atoms with Crippen molar-refractivity contribution in [2.24, 2.45) is 23.7 Å². The zero-order chi connectivity index (χ0) is 31.3. The molecule has 1 aliphatic heterocycles. The normalized spacial score (nSPS) is 30.3. The number of ether oxygens (including phenoxy) is 2. The van der Waals surface area contributed by atoms with Gasteiger partial charge in [0, 0.05) is 12.3 Å². The van der Waals surface area contributed by atoms with Gasteiger partial charge in [-0.05, 0) is 74.6 Å². The Labute approximate surface area is 254 Å². The van der Waals surface area contributed by atoms with Crippen LogP contribution in [0.3, 0.4) is 0 Å². The molecule has 3 aliphatic rings. The molecule has 1 saturated heterocycles. The number of hydrogen-bond acceptors (Lipinski definition) is 8. The van der Waals surface area contributed by atoms with E-state index in [-0.39, 0.29) is 72.5 Å². The first-order valence-corrected chi connectivity index (χ1v) is 20.3. The highest BCUT2D eigenvalue weighted by molar-refractivity contribution is 7.53. The van der Waals surface area contributed by atoms with Crippen LogP contribution in [0.4, 0.5) is 4.79 Å². The molecule has 2 aliphatic carbocycles. The van der Waals surface area contributed by atoms with Crippen LogP contribution in [-0.2, 0) is 32.3 Å². The van der Waals surface area contributed by atoms with E-state index >= 15 is 0 Å². The molecule has 0 aromatic rings. The predicted molar refractivity (Wildman–Crippen MR) is 167 cm³/mol.